The van der Waals surface area contributed by atoms with E-state index in [1.165, 1.54) is 10.4 Å². The fourth-order valence-corrected chi connectivity index (χ4v) is 2.64. The highest BCUT2D eigenvalue weighted by Crippen LogP contribution is 2.14. The van der Waals surface area contributed by atoms with Crippen molar-refractivity contribution >= 4 is 17.3 Å². The first kappa shape index (κ1) is 15.3. The first-order valence-electron chi connectivity index (χ1n) is 6.69. The molecule has 0 aliphatic rings. The fraction of sp³-hybridized carbons (Fsp3) is 0.333. The first-order valence-corrected chi connectivity index (χ1v) is 7.57. The molecule has 0 fully saturated rings. The molecule has 0 aliphatic heterocycles. The molecule has 2 aromatic rings. The predicted octanol–water partition coefficient (Wildman–Crippen LogP) is 2.33. The van der Waals surface area contributed by atoms with Crippen LogP contribution in [0, 0.1) is 6.92 Å². The molecule has 5 nitrogen and oxygen atoms in total. The van der Waals surface area contributed by atoms with Gasteiger partial charge in [0.15, 0.2) is 5.96 Å². The maximum atomic E-state index is 5.04. The standard InChI is InChI=1S/C15H20N4OS/c1-11-6-7-21-13(11)10-19-15(16-2)18-9-12-4-5-14(20-3)17-8-12/h4-8H,9-10H2,1-3H3,(H2,16,18,19). The third kappa shape index (κ3) is 4.46. The average molecular weight is 304 g/mol. The number of nitrogens with one attached hydrogen (secondary N) is 2. The summed E-state index contributed by atoms with van der Waals surface area (Å²) in [5.41, 5.74) is 2.38. The van der Waals surface area contributed by atoms with Gasteiger partial charge in [-0.05, 0) is 29.5 Å². The molecule has 0 spiro atoms. The van der Waals surface area contributed by atoms with Gasteiger partial charge in [-0.3, -0.25) is 4.99 Å². The Morgan fingerprint density at radius 3 is 2.67 bits per heavy atom. The molecular weight excluding hydrogens is 284 g/mol. The van der Waals surface area contributed by atoms with E-state index >= 15 is 0 Å². The van der Waals surface area contributed by atoms with Crippen molar-refractivity contribution in [1.82, 2.24) is 15.6 Å². The van der Waals surface area contributed by atoms with Gasteiger partial charge in [-0.15, -0.1) is 11.3 Å². The lowest BCUT2D eigenvalue weighted by atomic mass is 10.3. The number of rotatable bonds is 5. The van der Waals surface area contributed by atoms with Gasteiger partial charge in [0.25, 0.3) is 0 Å². The molecule has 0 saturated carbocycles. The molecule has 2 N–H and O–H groups in total. The van der Waals surface area contributed by atoms with Crippen molar-refractivity contribution in [2.24, 2.45) is 4.99 Å². The van der Waals surface area contributed by atoms with E-state index in [0.717, 1.165) is 18.1 Å². The summed E-state index contributed by atoms with van der Waals surface area (Å²) in [4.78, 5) is 9.72. The van der Waals surface area contributed by atoms with Crippen molar-refractivity contribution in [2.75, 3.05) is 14.2 Å². The lowest BCUT2D eigenvalue weighted by Crippen LogP contribution is -2.36. The van der Waals surface area contributed by atoms with Crippen LogP contribution in [0.1, 0.15) is 16.0 Å². The molecule has 2 rings (SSSR count). The minimum absolute atomic E-state index is 0.620. The molecule has 2 aromatic heterocycles. The molecule has 0 atom stereocenters. The Kier molecular flexibility index (Phi) is 5.57. The van der Waals surface area contributed by atoms with Crippen molar-refractivity contribution in [3.8, 4) is 5.88 Å². The van der Waals surface area contributed by atoms with Gasteiger partial charge in [0.1, 0.15) is 0 Å². The van der Waals surface area contributed by atoms with Crippen LogP contribution >= 0.6 is 11.3 Å². The van der Waals surface area contributed by atoms with Gasteiger partial charge in [-0.2, -0.15) is 0 Å². The number of guanidine groups is 1. The molecule has 112 valence electrons. The van der Waals surface area contributed by atoms with E-state index in [2.05, 4.69) is 39.0 Å². The summed E-state index contributed by atoms with van der Waals surface area (Å²) in [5.74, 6) is 1.40. The second-order valence-corrected chi connectivity index (χ2v) is 5.52. The van der Waals surface area contributed by atoms with Gasteiger partial charge in [-0.1, -0.05) is 6.07 Å². The largest absolute Gasteiger partial charge is 0.481 e. The van der Waals surface area contributed by atoms with Crippen LogP contribution < -0.4 is 15.4 Å². The second kappa shape index (κ2) is 7.64. The number of hydrogen-bond acceptors (Lipinski definition) is 4. The first-order chi connectivity index (χ1) is 10.2. The van der Waals surface area contributed by atoms with E-state index in [1.54, 1.807) is 31.7 Å². The Bertz CT molecular complexity index is 592. The topological polar surface area (TPSA) is 58.5 Å². The number of methoxy groups -OCH3 is 1. The predicted molar refractivity (Wildman–Crippen MR) is 86.9 cm³/mol. The van der Waals surface area contributed by atoms with Crippen molar-refractivity contribution < 1.29 is 4.74 Å². The monoisotopic (exact) mass is 304 g/mol. The van der Waals surface area contributed by atoms with Gasteiger partial charge in [0.05, 0.1) is 13.7 Å². The Morgan fingerprint density at radius 1 is 1.29 bits per heavy atom. The lowest BCUT2D eigenvalue weighted by Gasteiger charge is -2.11. The summed E-state index contributed by atoms with van der Waals surface area (Å²) in [6.45, 7) is 3.57. The van der Waals surface area contributed by atoms with Crippen LogP contribution in [-0.4, -0.2) is 25.1 Å². The van der Waals surface area contributed by atoms with Crippen LogP contribution in [0.15, 0.2) is 34.8 Å². The third-order valence-corrected chi connectivity index (χ3v) is 4.10. The molecule has 0 aliphatic carbocycles. The molecule has 0 unspecified atom stereocenters. The Balaban J connectivity index is 1.83. The van der Waals surface area contributed by atoms with Crippen LogP contribution in [0.25, 0.3) is 0 Å². The van der Waals surface area contributed by atoms with Crippen LogP contribution in [-0.2, 0) is 13.1 Å². The van der Waals surface area contributed by atoms with Gasteiger partial charge in [0, 0.05) is 30.7 Å². The van der Waals surface area contributed by atoms with Gasteiger partial charge < -0.3 is 15.4 Å². The average Bonchev–Trinajstić information content (AvgIpc) is 2.93. The van der Waals surface area contributed by atoms with E-state index in [-0.39, 0.29) is 0 Å². The van der Waals surface area contributed by atoms with Crippen molar-refractivity contribution in [3.63, 3.8) is 0 Å². The number of ether oxygens (including phenoxy) is 1. The minimum atomic E-state index is 0.620. The summed E-state index contributed by atoms with van der Waals surface area (Å²) in [6.07, 6.45) is 1.79. The molecule has 21 heavy (non-hydrogen) atoms. The summed E-state index contributed by atoms with van der Waals surface area (Å²) in [5, 5.41) is 8.68. The zero-order valence-corrected chi connectivity index (χ0v) is 13.3. The number of thiophene rings is 1. The molecule has 0 saturated heterocycles. The number of aliphatic imine (C=N–C) groups is 1. The van der Waals surface area contributed by atoms with E-state index in [4.69, 9.17) is 4.74 Å². The molecule has 0 bridgehead atoms. The maximum absolute atomic E-state index is 5.04. The quantitative estimate of drug-likeness (QED) is 0.657. The van der Waals surface area contributed by atoms with Crippen molar-refractivity contribution in [3.05, 3.63) is 45.8 Å². The fourth-order valence-electron chi connectivity index (χ4n) is 1.79. The summed E-state index contributed by atoms with van der Waals surface area (Å²) in [7, 11) is 3.38. The molecule has 0 aromatic carbocycles. The zero-order valence-electron chi connectivity index (χ0n) is 12.5. The van der Waals surface area contributed by atoms with E-state index in [0.29, 0.717) is 12.4 Å². The highest BCUT2D eigenvalue weighted by atomic mass is 32.1. The summed E-state index contributed by atoms with van der Waals surface area (Å²) < 4.78 is 5.04. The third-order valence-electron chi connectivity index (χ3n) is 3.07. The Morgan fingerprint density at radius 2 is 2.10 bits per heavy atom. The van der Waals surface area contributed by atoms with Crippen LogP contribution in [0.5, 0.6) is 5.88 Å². The minimum Gasteiger partial charge on any atom is -0.481 e. The zero-order chi connectivity index (χ0) is 15.1. The van der Waals surface area contributed by atoms with Crippen LogP contribution in [0.4, 0.5) is 0 Å². The van der Waals surface area contributed by atoms with E-state index in [1.807, 2.05) is 12.1 Å². The normalized spacial score (nSPS) is 11.3. The molecule has 0 amide bonds. The second-order valence-electron chi connectivity index (χ2n) is 4.51. The van der Waals surface area contributed by atoms with Gasteiger partial charge in [-0.25, -0.2) is 4.98 Å². The number of hydrogen-bond donors (Lipinski definition) is 2. The van der Waals surface area contributed by atoms with Crippen LogP contribution in [0.3, 0.4) is 0 Å². The van der Waals surface area contributed by atoms with E-state index < -0.39 is 0 Å². The van der Waals surface area contributed by atoms with Gasteiger partial charge >= 0.3 is 0 Å². The Hall–Kier alpha value is -2.08. The molecule has 0 radical (unpaired) electrons. The Labute approximate surface area is 129 Å². The summed E-state index contributed by atoms with van der Waals surface area (Å²) >= 11 is 1.75. The lowest BCUT2D eigenvalue weighted by molar-refractivity contribution is 0.397. The highest BCUT2D eigenvalue weighted by Gasteiger charge is 2.02. The van der Waals surface area contributed by atoms with Crippen molar-refractivity contribution in [1.29, 1.82) is 0 Å². The highest BCUT2D eigenvalue weighted by molar-refractivity contribution is 7.10. The number of aryl methyl sites for hydroxylation is 1. The molecule has 6 heteroatoms. The SMILES string of the molecule is CN=C(NCc1ccc(OC)nc1)NCc1sccc1C. The maximum Gasteiger partial charge on any atom is 0.212 e. The summed E-state index contributed by atoms with van der Waals surface area (Å²) in [6, 6.07) is 5.96. The molecular formula is C15H20N4OS. The number of aromatic nitrogens is 1. The van der Waals surface area contributed by atoms with Gasteiger partial charge in [0.2, 0.25) is 5.88 Å². The van der Waals surface area contributed by atoms with Crippen molar-refractivity contribution in [2.45, 2.75) is 20.0 Å². The number of nitrogens with zero attached hydrogens (tertiary/aromatic N) is 2. The molecule has 2 heterocycles. The van der Waals surface area contributed by atoms with Crippen LogP contribution in [0.2, 0.25) is 0 Å². The van der Waals surface area contributed by atoms with E-state index in [9.17, 15) is 0 Å². The smallest absolute Gasteiger partial charge is 0.212 e. The number of pyridine rings is 1.